The van der Waals surface area contributed by atoms with Crippen LogP contribution in [-0.2, 0) is 19.5 Å². The number of aromatic nitrogens is 2. The first-order valence-corrected chi connectivity index (χ1v) is 9.38. The average molecular weight is 379 g/mol. The number of halogens is 1. The molecule has 2 aromatic carbocycles. The number of aliphatic imine (C=N–C) groups is 1. The maximum Gasteiger partial charge on any atom is 0.191 e. The summed E-state index contributed by atoms with van der Waals surface area (Å²) in [6, 6.07) is 15.1. The number of imidazole rings is 1. The van der Waals surface area contributed by atoms with Crippen LogP contribution in [0.1, 0.15) is 22.5 Å². The SMILES string of the molecule is CN=C(NCCc1cccc(F)c1)NCc1cccc(Cn2ccnc2C)c1. The van der Waals surface area contributed by atoms with Crippen molar-refractivity contribution in [1.29, 1.82) is 0 Å². The van der Waals surface area contributed by atoms with E-state index in [1.807, 2.05) is 25.4 Å². The smallest absolute Gasteiger partial charge is 0.191 e. The molecular formula is C22H26FN5. The quantitative estimate of drug-likeness (QED) is 0.489. The second-order valence-corrected chi connectivity index (χ2v) is 6.65. The van der Waals surface area contributed by atoms with Crippen LogP contribution in [0.3, 0.4) is 0 Å². The highest BCUT2D eigenvalue weighted by atomic mass is 19.1. The van der Waals surface area contributed by atoms with Crippen molar-refractivity contribution in [2.45, 2.75) is 26.4 Å². The summed E-state index contributed by atoms with van der Waals surface area (Å²) in [5.41, 5.74) is 3.38. The van der Waals surface area contributed by atoms with E-state index in [1.165, 1.54) is 17.2 Å². The van der Waals surface area contributed by atoms with E-state index in [4.69, 9.17) is 0 Å². The third-order valence-corrected chi connectivity index (χ3v) is 4.55. The Hall–Kier alpha value is -3.15. The Morgan fingerprint density at radius 1 is 1.07 bits per heavy atom. The fourth-order valence-corrected chi connectivity index (χ4v) is 3.03. The molecule has 28 heavy (non-hydrogen) atoms. The normalized spacial score (nSPS) is 11.5. The van der Waals surface area contributed by atoms with Gasteiger partial charge in [0, 0.05) is 39.1 Å². The van der Waals surface area contributed by atoms with Gasteiger partial charge in [0.05, 0.1) is 0 Å². The molecule has 146 valence electrons. The Kier molecular flexibility index (Phi) is 6.78. The lowest BCUT2D eigenvalue weighted by Crippen LogP contribution is -2.37. The van der Waals surface area contributed by atoms with E-state index < -0.39 is 0 Å². The van der Waals surface area contributed by atoms with E-state index in [-0.39, 0.29) is 5.82 Å². The number of benzene rings is 2. The Morgan fingerprint density at radius 3 is 2.61 bits per heavy atom. The van der Waals surface area contributed by atoms with Crippen molar-refractivity contribution in [1.82, 2.24) is 20.2 Å². The summed E-state index contributed by atoms with van der Waals surface area (Å²) < 4.78 is 15.4. The summed E-state index contributed by atoms with van der Waals surface area (Å²) in [5, 5.41) is 6.60. The van der Waals surface area contributed by atoms with Crippen LogP contribution in [0.2, 0.25) is 0 Å². The second-order valence-electron chi connectivity index (χ2n) is 6.65. The molecular weight excluding hydrogens is 353 g/mol. The van der Waals surface area contributed by atoms with Gasteiger partial charge in [-0.2, -0.15) is 0 Å². The average Bonchev–Trinajstić information content (AvgIpc) is 3.09. The van der Waals surface area contributed by atoms with Gasteiger partial charge in [0.1, 0.15) is 11.6 Å². The second kappa shape index (κ2) is 9.69. The summed E-state index contributed by atoms with van der Waals surface area (Å²) in [5.74, 6) is 1.53. The van der Waals surface area contributed by atoms with E-state index in [0.29, 0.717) is 13.1 Å². The monoisotopic (exact) mass is 379 g/mol. The topological polar surface area (TPSA) is 54.2 Å². The van der Waals surface area contributed by atoms with Crippen LogP contribution in [0.15, 0.2) is 65.9 Å². The molecule has 0 aliphatic carbocycles. The van der Waals surface area contributed by atoms with Gasteiger partial charge in [-0.15, -0.1) is 0 Å². The molecule has 3 aromatic rings. The molecule has 0 amide bonds. The summed E-state index contributed by atoms with van der Waals surface area (Å²) in [7, 11) is 1.75. The molecule has 5 nitrogen and oxygen atoms in total. The number of hydrogen-bond donors (Lipinski definition) is 2. The Labute approximate surface area is 165 Å². The van der Waals surface area contributed by atoms with Crippen molar-refractivity contribution in [3.63, 3.8) is 0 Å². The first kappa shape index (κ1) is 19.6. The Bertz CT molecular complexity index is 932. The highest BCUT2D eigenvalue weighted by molar-refractivity contribution is 5.79. The van der Waals surface area contributed by atoms with E-state index in [0.717, 1.165) is 30.3 Å². The van der Waals surface area contributed by atoms with E-state index in [9.17, 15) is 4.39 Å². The zero-order valence-corrected chi connectivity index (χ0v) is 16.3. The van der Waals surface area contributed by atoms with Crippen molar-refractivity contribution in [2.24, 2.45) is 4.99 Å². The molecule has 0 saturated heterocycles. The van der Waals surface area contributed by atoms with Crippen molar-refractivity contribution < 1.29 is 4.39 Å². The number of nitrogens with zero attached hydrogens (tertiary/aromatic N) is 3. The number of rotatable bonds is 7. The number of guanidine groups is 1. The standard InChI is InChI=1S/C22H26FN5/c1-17-25-11-12-28(17)16-20-7-3-6-19(13-20)15-27-22(24-2)26-10-9-18-5-4-8-21(23)14-18/h3-8,11-14H,9-10,15-16H2,1-2H3,(H2,24,26,27). The summed E-state index contributed by atoms with van der Waals surface area (Å²) >= 11 is 0. The summed E-state index contributed by atoms with van der Waals surface area (Å²) in [6.45, 7) is 4.17. The number of hydrogen-bond acceptors (Lipinski definition) is 2. The van der Waals surface area contributed by atoms with Gasteiger partial charge in [-0.25, -0.2) is 9.37 Å². The molecule has 3 rings (SSSR count). The minimum absolute atomic E-state index is 0.203. The molecule has 0 bridgehead atoms. The van der Waals surface area contributed by atoms with Crippen LogP contribution in [0.5, 0.6) is 0 Å². The van der Waals surface area contributed by atoms with E-state index >= 15 is 0 Å². The molecule has 6 heteroatoms. The predicted octanol–water partition coefficient (Wildman–Crippen LogP) is 3.29. The molecule has 0 aliphatic heterocycles. The fraction of sp³-hybridized carbons (Fsp3) is 0.273. The van der Waals surface area contributed by atoms with Crippen molar-refractivity contribution in [3.05, 3.63) is 89.3 Å². The van der Waals surface area contributed by atoms with Crippen LogP contribution < -0.4 is 10.6 Å². The maximum atomic E-state index is 13.2. The molecule has 0 fully saturated rings. The molecule has 0 unspecified atom stereocenters. The summed E-state index contributed by atoms with van der Waals surface area (Å²) in [6.07, 6.45) is 4.54. The minimum Gasteiger partial charge on any atom is -0.356 e. The van der Waals surface area contributed by atoms with Gasteiger partial charge in [-0.1, -0.05) is 36.4 Å². The zero-order valence-electron chi connectivity index (χ0n) is 16.3. The van der Waals surface area contributed by atoms with E-state index in [1.54, 1.807) is 19.2 Å². The minimum atomic E-state index is -0.203. The van der Waals surface area contributed by atoms with Crippen LogP contribution >= 0.6 is 0 Å². The zero-order chi connectivity index (χ0) is 19.8. The number of nitrogens with one attached hydrogen (secondary N) is 2. The third-order valence-electron chi connectivity index (χ3n) is 4.55. The number of aryl methyl sites for hydroxylation is 1. The van der Waals surface area contributed by atoms with E-state index in [2.05, 4.69) is 49.4 Å². The van der Waals surface area contributed by atoms with Gasteiger partial charge in [0.25, 0.3) is 0 Å². The predicted molar refractivity (Wildman–Crippen MR) is 111 cm³/mol. The van der Waals surface area contributed by atoms with Crippen molar-refractivity contribution >= 4 is 5.96 Å². The van der Waals surface area contributed by atoms with Crippen LogP contribution in [0.25, 0.3) is 0 Å². The molecule has 0 saturated carbocycles. The van der Waals surface area contributed by atoms with Crippen LogP contribution in [0.4, 0.5) is 4.39 Å². The first-order valence-electron chi connectivity index (χ1n) is 9.38. The molecule has 0 radical (unpaired) electrons. The molecule has 0 atom stereocenters. The van der Waals surface area contributed by atoms with Gasteiger partial charge >= 0.3 is 0 Å². The van der Waals surface area contributed by atoms with Crippen molar-refractivity contribution in [2.75, 3.05) is 13.6 Å². The van der Waals surface area contributed by atoms with Gasteiger partial charge < -0.3 is 15.2 Å². The molecule has 1 heterocycles. The van der Waals surface area contributed by atoms with Crippen LogP contribution in [0, 0.1) is 12.7 Å². The molecule has 0 aliphatic rings. The van der Waals surface area contributed by atoms with Gasteiger partial charge in [0.2, 0.25) is 0 Å². The largest absolute Gasteiger partial charge is 0.356 e. The lowest BCUT2D eigenvalue weighted by Gasteiger charge is -2.13. The lowest BCUT2D eigenvalue weighted by molar-refractivity contribution is 0.625. The molecule has 0 spiro atoms. The Morgan fingerprint density at radius 2 is 1.86 bits per heavy atom. The fourth-order valence-electron chi connectivity index (χ4n) is 3.03. The lowest BCUT2D eigenvalue weighted by atomic mass is 10.1. The maximum absolute atomic E-state index is 13.2. The highest BCUT2D eigenvalue weighted by Gasteiger charge is 2.03. The summed E-state index contributed by atoms with van der Waals surface area (Å²) in [4.78, 5) is 8.52. The molecule has 1 aromatic heterocycles. The van der Waals surface area contributed by atoms with Gasteiger partial charge in [0.15, 0.2) is 5.96 Å². The van der Waals surface area contributed by atoms with Gasteiger partial charge in [-0.05, 0) is 42.2 Å². The Balaban J connectivity index is 1.49. The van der Waals surface area contributed by atoms with Gasteiger partial charge in [-0.3, -0.25) is 4.99 Å². The first-order chi connectivity index (χ1) is 13.6. The van der Waals surface area contributed by atoms with Crippen LogP contribution in [-0.4, -0.2) is 29.1 Å². The molecule has 2 N–H and O–H groups in total. The van der Waals surface area contributed by atoms with Crippen molar-refractivity contribution in [3.8, 4) is 0 Å². The third kappa shape index (κ3) is 5.67. The highest BCUT2D eigenvalue weighted by Crippen LogP contribution is 2.09.